The SMILES string of the molecule is NNC(=O)/C=C/c1nn(Cc2ccc(F)cc2Cl)c2cc(CF)ccc12. The highest BCUT2D eigenvalue weighted by atomic mass is 35.5. The van der Waals surface area contributed by atoms with Gasteiger partial charge in [-0.1, -0.05) is 29.8 Å². The molecule has 0 saturated carbocycles. The monoisotopic (exact) mass is 376 g/mol. The summed E-state index contributed by atoms with van der Waals surface area (Å²) in [6.45, 7) is -0.346. The molecule has 3 aromatic rings. The van der Waals surface area contributed by atoms with Crippen LogP contribution in [0.1, 0.15) is 16.8 Å². The molecule has 134 valence electrons. The molecule has 3 rings (SSSR count). The van der Waals surface area contributed by atoms with Gasteiger partial charge in [-0.15, -0.1) is 0 Å². The predicted molar refractivity (Wildman–Crippen MR) is 96.4 cm³/mol. The van der Waals surface area contributed by atoms with E-state index in [1.165, 1.54) is 24.3 Å². The number of hydrogen-bond acceptors (Lipinski definition) is 3. The number of halogens is 3. The van der Waals surface area contributed by atoms with Crippen molar-refractivity contribution >= 4 is 34.5 Å². The summed E-state index contributed by atoms with van der Waals surface area (Å²) in [4.78, 5) is 11.3. The van der Waals surface area contributed by atoms with E-state index in [0.29, 0.717) is 22.3 Å². The Labute approximate surface area is 153 Å². The zero-order chi connectivity index (χ0) is 18.7. The molecule has 1 heterocycles. The lowest BCUT2D eigenvalue weighted by atomic mass is 10.1. The molecule has 0 aliphatic rings. The van der Waals surface area contributed by atoms with E-state index in [1.807, 2.05) is 5.43 Å². The number of benzene rings is 2. The van der Waals surface area contributed by atoms with Crippen molar-refractivity contribution in [2.24, 2.45) is 5.84 Å². The number of carbonyl (C=O) groups is 1. The Morgan fingerprint density at radius 3 is 2.81 bits per heavy atom. The van der Waals surface area contributed by atoms with Gasteiger partial charge in [-0.05, 0) is 35.4 Å². The highest BCUT2D eigenvalue weighted by Crippen LogP contribution is 2.25. The molecule has 0 bridgehead atoms. The maximum Gasteiger partial charge on any atom is 0.257 e. The number of aromatic nitrogens is 2. The first-order chi connectivity index (χ1) is 12.5. The third kappa shape index (κ3) is 3.74. The largest absolute Gasteiger partial charge is 0.291 e. The molecule has 0 radical (unpaired) electrons. The Hall–Kier alpha value is -2.77. The van der Waals surface area contributed by atoms with Crippen molar-refractivity contribution in [2.75, 3.05) is 0 Å². The van der Waals surface area contributed by atoms with E-state index in [2.05, 4.69) is 5.10 Å². The van der Waals surface area contributed by atoms with E-state index in [4.69, 9.17) is 17.4 Å². The van der Waals surface area contributed by atoms with Gasteiger partial charge in [0.2, 0.25) is 0 Å². The topological polar surface area (TPSA) is 72.9 Å². The summed E-state index contributed by atoms with van der Waals surface area (Å²) in [5, 5.41) is 5.47. The summed E-state index contributed by atoms with van der Waals surface area (Å²) >= 11 is 6.10. The van der Waals surface area contributed by atoms with Gasteiger partial charge in [0.05, 0.1) is 17.8 Å². The van der Waals surface area contributed by atoms with Crippen molar-refractivity contribution in [3.8, 4) is 0 Å². The van der Waals surface area contributed by atoms with E-state index in [1.54, 1.807) is 28.9 Å². The van der Waals surface area contributed by atoms with Crippen molar-refractivity contribution in [2.45, 2.75) is 13.2 Å². The summed E-state index contributed by atoms with van der Waals surface area (Å²) < 4.78 is 27.9. The number of rotatable bonds is 5. The standard InChI is InChI=1S/C18H15ClF2N4O/c19-15-8-13(21)3-2-12(15)10-25-17-7-11(9-20)1-4-14(17)16(24-25)5-6-18(26)23-22/h1-8H,9-10,22H2,(H,23,26)/b6-5+. The number of carbonyl (C=O) groups excluding carboxylic acids is 1. The fraction of sp³-hybridized carbons (Fsp3) is 0.111. The third-order valence-corrected chi connectivity index (χ3v) is 4.22. The third-order valence-electron chi connectivity index (χ3n) is 3.87. The summed E-state index contributed by atoms with van der Waals surface area (Å²) in [5.41, 5.74) is 4.36. The first kappa shape index (κ1) is 18.0. The normalized spacial score (nSPS) is 11.4. The van der Waals surface area contributed by atoms with Crippen LogP contribution < -0.4 is 11.3 Å². The molecule has 0 atom stereocenters. The molecule has 3 N–H and O–H groups in total. The summed E-state index contributed by atoms with van der Waals surface area (Å²) in [6, 6.07) is 9.18. The van der Waals surface area contributed by atoms with Crippen LogP contribution in [0.4, 0.5) is 8.78 Å². The van der Waals surface area contributed by atoms with Crippen molar-refractivity contribution in [3.63, 3.8) is 0 Å². The van der Waals surface area contributed by atoms with Gasteiger partial charge in [-0.25, -0.2) is 14.6 Å². The number of nitrogens with one attached hydrogen (secondary N) is 1. The lowest BCUT2D eigenvalue weighted by Gasteiger charge is -2.07. The number of nitrogens with zero attached hydrogens (tertiary/aromatic N) is 2. The van der Waals surface area contributed by atoms with Crippen molar-refractivity contribution in [1.82, 2.24) is 15.2 Å². The Morgan fingerprint density at radius 1 is 1.31 bits per heavy atom. The van der Waals surface area contributed by atoms with Gasteiger partial charge in [-0.3, -0.25) is 14.9 Å². The first-order valence-electron chi connectivity index (χ1n) is 7.70. The molecule has 0 unspecified atom stereocenters. The molecule has 0 aliphatic carbocycles. The van der Waals surface area contributed by atoms with Gasteiger partial charge >= 0.3 is 0 Å². The van der Waals surface area contributed by atoms with Gasteiger partial charge in [0.25, 0.3) is 5.91 Å². The quantitative estimate of drug-likeness (QED) is 0.310. The maximum atomic E-state index is 13.2. The van der Waals surface area contributed by atoms with E-state index in [-0.39, 0.29) is 11.6 Å². The molecule has 0 spiro atoms. The minimum absolute atomic E-state index is 0.266. The van der Waals surface area contributed by atoms with Gasteiger partial charge in [0.15, 0.2) is 0 Å². The van der Waals surface area contributed by atoms with Crippen LogP contribution in [0.3, 0.4) is 0 Å². The van der Waals surface area contributed by atoms with Gasteiger partial charge < -0.3 is 0 Å². The number of fused-ring (bicyclic) bond motifs is 1. The molecule has 2 aromatic carbocycles. The van der Waals surface area contributed by atoms with Crippen LogP contribution in [0.5, 0.6) is 0 Å². The number of alkyl halides is 1. The van der Waals surface area contributed by atoms with Gasteiger partial charge in [0.1, 0.15) is 12.5 Å². The van der Waals surface area contributed by atoms with Crippen molar-refractivity contribution in [1.29, 1.82) is 0 Å². The van der Waals surface area contributed by atoms with Crippen LogP contribution in [-0.2, 0) is 18.0 Å². The van der Waals surface area contributed by atoms with Crippen LogP contribution in [-0.4, -0.2) is 15.7 Å². The molecule has 8 heteroatoms. The highest BCUT2D eigenvalue weighted by molar-refractivity contribution is 6.31. The summed E-state index contributed by atoms with van der Waals surface area (Å²) in [5.74, 6) is 4.15. The van der Waals surface area contributed by atoms with Crippen LogP contribution in [0.2, 0.25) is 5.02 Å². The number of hydrazine groups is 1. The fourth-order valence-corrected chi connectivity index (χ4v) is 2.81. The van der Waals surface area contributed by atoms with E-state index < -0.39 is 18.4 Å². The Kier molecular flexibility index (Phi) is 5.29. The molecule has 0 aliphatic heterocycles. The van der Waals surface area contributed by atoms with E-state index in [0.717, 1.165) is 5.39 Å². The minimum atomic E-state index is -0.612. The summed E-state index contributed by atoms with van der Waals surface area (Å²) in [6.07, 6.45) is 2.77. The van der Waals surface area contributed by atoms with Crippen LogP contribution in [0.15, 0.2) is 42.5 Å². The zero-order valence-electron chi connectivity index (χ0n) is 13.5. The molecule has 26 heavy (non-hydrogen) atoms. The lowest BCUT2D eigenvalue weighted by molar-refractivity contribution is -0.116. The Balaban J connectivity index is 2.08. The minimum Gasteiger partial charge on any atom is -0.291 e. The molecule has 5 nitrogen and oxygen atoms in total. The molecule has 1 amide bonds. The Morgan fingerprint density at radius 2 is 2.12 bits per heavy atom. The Bertz CT molecular complexity index is 1000. The predicted octanol–water partition coefficient (Wildman–Crippen LogP) is 3.35. The van der Waals surface area contributed by atoms with Gasteiger partial charge in [-0.2, -0.15) is 5.10 Å². The van der Waals surface area contributed by atoms with Gasteiger partial charge in [0, 0.05) is 16.5 Å². The molecule has 1 aromatic heterocycles. The lowest BCUT2D eigenvalue weighted by Crippen LogP contribution is -2.27. The molecular weight excluding hydrogens is 362 g/mol. The molecule has 0 fully saturated rings. The second kappa shape index (κ2) is 7.63. The number of hydrogen-bond donors (Lipinski definition) is 2. The zero-order valence-corrected chi connectivity index (χ0v) is 14.3. The van der Waals surface area contributed by atoms with E-state index >= 15 is 0 Å². The van der Waals surface area contributed by atoms with Crippen LogP contribution >= 0.6 is 11.6 Å². The number of amides is 1. The maximum absolute atomic E-state index is 13.2. The number of nitrogens with two attached hydrogens (primary N) is 1. The van der Waals surface area contributed by atoms with Crippen molar-refractivity contribution in [3.05, 3.63) is 70.1 Å². The summed E-state index contributed by atoms with van der Waals surface area (Å²) in [7, 11) is 0. The molecular formula is C18H15ClF2N4O. The smallest absolute Gasteiger partial charge is 0.257 e. The highest BCUT2D eigenvalue weighted by Gasteiger charge is 2.12. The average molecular weight is 377 g/mol. The second-order valence-corrected chi connectivity index (χ2v) is 6.01. The van der Waals surface area contributed by atoms with Crippen molar-refractivity contribution < 1.29 is 13.6 Å². The van der Waals surface area contributed by atoms with Crippen LogP contribution in [0.25, 0.3) is 17.0 Å². The second-order valence-electron chi connectivity index (χ2n) is 5.61. The first-order valence-corrected chi connectivity index (χ1v) is 8.07. The molecule has 0 saturated heterocycles. The van der Waals surface area contributed by atoms with Crippen LogP contribution in [0, 0.1) is 5.82 Å². The fourth-order valence-electron chi connectivity index (χ4n) is 2.59. The average Bonchev–Trinajstić information content (AvgIpc) is 2.98. The van der Waals surface area contributed by atoms with E-state index in [9.17, 15) is 13.6 Å².